The number of ether oxygens (including phenoxy) is 3. The van der Waals surface area contributed by atoms with E-state index in [0.717, 1.165) is 96.3 Å². The highest BCUT2D eigenvalue weighted by Gasteiger charge is 2.19. The fourth-order valence-corrected chi connectivity index (χ4v) is 7.78. The van der Waals surface area contributed by atoms with Crippen LogP contribution in [0.2, 0.25) is 0 Å². The van der Waals surface area contributed by atoms with E-state index in [1.54, 1.807) is 0 Å². The van der Waals surface area contributed by atoms with Crippen LogP contribution < -0.4 is 0 Å². The van der Waals surface area contributed by atoms with Crippen LogP contribution in [0.5, 0.6) is 0 Å². The smallest absolute Gasteiger partial charge is 0.306 e. The van der Waals surface area contributed by atoms with Gasteiger partial charge in [-0.1, -0.05) is 233 Å². The van der Waals surface area contributed by atoms with Crippen LogP contribution >= 0.6 is 0 Å². The van der Waals surface area contributed by atoms with E-state index in [4.69, 9.17) is 14.2 Å². The molecule has 0 aliphatic rings. The molecule has 6 nitrogen and oxygen atoms in total. The monoisotopic (exact) mass is 985 g/mol. The van der Waals surface area contributed by atoms with Crippen molar-refractivity contribution in [3.8, 4) is 0 Å². The number of hydrogen-bond donors (Lipinski definition) is 0. The van der Waals surface area contributed by atoms with Crippen molar-refractivity contribution in [3.63, 3.8) is 0 Å². The van der Waals surface area contributed by atoms with Crippen molar-refractivity contribution < 1.29 is 28.6 Å². The Bertz CT molecular complexity index is 1460. The molecule has 0 rings (SSSR count). The van der Waals surface area contributed by atoms with Gasteiger partial charge in [0.1, 0.15) is 13.2 Å². The lowest BCUT2D eigenvalue weighted by Crippen LogP contribution is -2.30. The molecule has 404 valence electrons. The Labute approximate surface area is 438 Å². The molecule has 0 radical (unpaired) electrons. The summed E-state index contributed by atoms with van der Waals surface area (Å²) in [5, 5.41) is 0. The van der Waals surface area contributed by atoms with Crippen LogP contribution in [0.15, 0.2) is 109 Å². The fraction of sp³-hybridized carbons (Fsp3) is 0.677. The van der Waals surface area contributed by atoms with Crippen molar-refractivity contribution in [2.45, 2.75) is 271 Å². The van der Waals surface area contributed by atoms with E-state index >= 15 is 0 Å². The molecule has 0 aliphatic heterocycles. The Morgan fingerprint density at radius 3 is 0.845 bits per heavy atom. The predicted molar refractivity (Wildman–Crippen MR) is 307 cm³/mol. The maximum atomic E-state index is 12.8. The van der Waals surface area contributed by atoms with E-state index in [1.165, 1.54) is 122 Å². The number of esters is 3. The molecule has 0 spiro atoms. The molecule has 0 unspecified atom stereocenters. The van der Waals surface area contributed by atoms with Crippen molar-refractivity contribution in [1.29, 1.82) is 0 Å². The number of carbonyl (C=O) groups is 3. The van der Waals surface area contributed by atoms with Crippen LogP contribution in [0.3, 0.4) is 0 Å². The summed E-state index contributed by atoms with van der Waals surface area (Å²) in [4.78, 5) is 38.2. The van der Waals surface area contributed by atoms with Gasteiger partial charge in [0.15, 0.2) is 6.10 Å². The van der Waals surface area contributed by atoms with E-state index in [9.17, 15) is 14.4 Å². The second-order valence-electron chi connectivity index (χ2n) is 19.2. The maximum absolute atomic E-state index is 12.8. The summed E-state index contributed by atoms with van der Waals surface area (Å²) >= 11 is 0. The molecule has 0 aromatic rings. The summed E-state index contributed by atoms with van der Waals surface area (Å²) in [5.74, 6) is -1.02. The second-order valence-corrected chi connectivity index (χ2v) is 19.2. The molecule has 0 N–H and O–H groups in total. The summed E-state index contributed by atoms with van der Waals surface area (Å²) in [6.07, 6.45) is 79.4. The zero-order chi connectivity index (χ0) is 51.4. The summed E-state index contributed by atoms with van der Waals surface area (Å²) in [6.45, 7) is 6.49. The quantitative estimate of drug-likeness (QED) is 0.0261. The lowest BCUT2D eigenvalue weighted by Gasteiger charge is -2.18. The number of carbonyl (C=O) groups excluding carboxylic acids is 3. The van der Waals surface area contributed by atoms with Crippen molar-refractivity contribution in [2.24, 2.45) is 0 Å². The first-order valence-corrected chi connectivity index (χ1v) is 29.4. The van der Waals surface area contributed by atoms with Crippen molar-refractivity contribution in [3.05, 3.63) is 109 Å². The number of rotatable bonds is 52. The lowest BCUT2D eigenvalue weighted by molar-refractivity contribution is -0.166. The van der Waals surface area contributed by atoms with Gasteiger partial charge in [0.25, 0.3) is 0 Å². The van der Waals surface area contributed by atoms with Crippen molar-refractivity contribution in [2.75, 3.05) is 13.2 Å². The number of hydrogen-bond acceptors (Lipinski definition) is 6. The van der Waals surface area contributed by atoms with Crippen LogP contribution in [0.4, 0.5) is 0 Å². The van der Waals surface area contributed by atoms with Gasteiger partial charge in [-0.15, -0.1) is 0 Å². The van der Waals surface area contributed by atoms with E-state index in [2.05, 4.69) is 124 Å². The Balaban J connectivity index is 4.53. The first-order valence-electron chi connectivity index (χ1n) is 29.4. The molecule has 1 atom stereocenters. The lowest BCUT2D eigenvalue weighted by atomic mass is 10.1. The van der Waals surface area contributed by atoms with E-state index in [-0.39, 0.29) is 31.6 Å². The van der Waals surface area contributed by atoms with Gasteiger partial charge < -0.3 is 14.2 Å². The molecule has 0 saturated heterocycles. The minimum Gasteiger partial charge on any atom is -0.462 e. The fourth-order valence-electron chi connectivity index (χ4n) is 7.78. The molecule has 0 heterocycles. The van der Waals surface area contributed by atoms with Crippen molar-refractivity contribution >= 4 is 17.9 Å². The molecule has 0 aromatic carbocycles. The Hall–Kier alpha value is -3.93. The van der Waals surface area contributed by atoms with Crippen LogP contribution in [-0.4, -0.2) is 37.2 Å². The second kappa shape index (κ2) is 58.6. The summed E-state index contributed by atoms with van der Waals surface area (Å²) in [6, 6.07) is 0. The molecule has 0 bridgehead atoms. The molecule has 0 fully saturated rings. The molecule has 0 aromatic heterocycles. The third-order valence-corrected chi connectivity index (χ3v) is 12.2. The SMILES string of the molecule is CCCCC/C=C\C/C=C\C/C=C\C/C=C\C/C=C\CCC(=O)O[C@@H](COC(=O)CCCCCCC/C=C\C/C=C\CCCCC)COC(=O)CCCCCCCCCCC/C=C\C/C=C\CCCCC. The summed E-state index contributed by atoms with van der Waals surface area (Å²) < 4.78 is 16.8. The molecule has 71 heavy (non-hydrogen) atoms. The van der Waals surface area contributed by atoms with Crippen molar-refractivity contribution in [1.82, 2.24) is 0 Å². The van der Waals surface area contributed by atoms with Gasteiger partial charge in [0, 0.05) is 19.3 Å². The number of unbranched alkanes of at least 4 members (excludes halogenated alkanes) is 23. The minimum absolute atomic E-state index is 0.116. The minimum atomic E-state index is -0.828. The molecular formula is C65H108O6. The van der Waals surface area contributed by atoms with Gasteiger partial charge in [0.05, 0.1) is 0 Å². The average molecular weight is 986 g/mol. The van der Waals surface area contributed by atoms with Gasteiger partial charge in [-0.3, -0.25) is 14.4 Å². The summed E-state index contributed by atoms with van der Waals surface area (Å²) in [7, 11) is 0. The third-order valence-electron chi connectivity index (χ3n) is 12.2. The van der Waals surface area contributed by atoms with Gasteiger partial charge in [-0.05, 0) is 122 Å². The number of allylic oxidation sites excluding steroid dienone is 18. The van der Waals surface area contributed by atoms with Crippen LogP contribution in [0.25, 0.3) is 0 Å². The molecule has 0 amide bonds. The zero-order valence-electron chi connectivity index (χ0n) is 46.2. The largest absolute Gasteiger partial charge is 0.462 e. The van der Waals surface area contributed by atoms with Gasteiger partial charge in [-0.2, -0.15) is 0 Å². The van der Waals surface area contributed by atoms with Gasteiger partial charge in [-0.25, -0.2) is 0 Å². The zero-order valence-corrected chi connectivity index (χ0v) is 46.2. The van der Waals surface area contributed by atoms with Crippen LogP contribution in [-0.2, 0) is 28.6 Å². The Kier molecular flexibility index (Phi) is 55.4. The van der Waals surface area contributed by atoms with Gasteiger partial charge >= 0.3 is 17.9 Å². The molecule has 6 heteroatoms. The predicted octanol–water partition coefficient (Wildman–Crippen LogP) is 19.9. The maximum Gasteiger partial charge on any atom is 0.306 e. The van der Waals surface area contributed by atoms with E-state index in [0.29, 0.717) is 19.3 Å². The standard InChI is InChI=1S/C65H108O6/c1-4-7-10-13-16-19-22-25-28-30-32-34-37-40-43-46-49-52-55-58-64(67)70-61-62(60-69-63(66)57-54-51-48-45-42-39-36-27-24-21-18-15-12-9-6-3)71-65(68)59-56-53-50-47-44-41-38-35-33-31-29-26-23-20-17-14-11-8-5-2/h16-21,25-29,33,35-36,41,44,50,53,62H,4-15,22-24,30-32,34,37-40,42-43,45-49,51-52,54-61H2,1-3H3/b19-16-,20-17-,21-18-,28-25-,29-26-,35-33-,36-27-,44-41-,53-50-/t62-/m0/s1. The Morgan fingerprint density at radius 1 is 0.282 bits per heavy atom. The highest BCUT2D eigenvalue weighted by molar-refractivity contribution is 5.71. The highest BCUT2D eigenvalue weighted by atomic mass is 16.6. The first-order chi connectivity index (χ1) is 35.0. The van der Waals surface area contributed by atoms with E-state index < -0.39 is 12.1 Å². The molecular weight excluding hydrogens is 877 g/mol. The molecule has 0 saturated carbocycles. The molecule has 0 aliphatic carbocycles. The van der Waals surface area contributed by atoms with Gasteiger partial charge in [0.2, 0.25) is 0 Å². The first kappa shape index (κ1) is 67.1. The van der Waals surface area contributed by atoms with E-state index in [1.807, 2.05) is 6.08 Å². The Morgan fingerprint density at radius 2 is 0.535 bits per heavy atom. The normalized spacial score (nSPS) is 12.9. The highest BCUT2D eigenvalue weighted by Crippen LogP contribution is 2.14. The topological polar surface area (TPSA) is 78.9 Å². The van der Waals surface area contributed by atoms with Crippen LogP contribution in [0.1, 0.15) is 265 Å². The third kappa shape index (κ3) is 56.9. The summed E-state index contributed by atoms with van der Waals surface area (Å²) in [5.41, 5.74) is 0. The average Bonchev–Trinajstić information content (AvgIpc) is 3.37. The van der Waals surface area contributed by atoms with Crippen LogP contribution in [0, 0.1) is 0 Å².